The zero-order valence-electron chi connectivity index (χ0n) is 12.9. The van der Waals surface area contributed by atoms with Crippen molar-refractivity contribution in [1.82, 2.24) is 4.90 Å². The molecule has 0 saturated carbocycles. The number of ether oxygens (including phenoxy) is 1. The van der Waals surface area contributed by atoms with Gasteiger partial charge in [-0.1, -0.05) is 12.1 Å². The highest BCUT2D eigenvalue weighted by Gasteiger charge is 2.24. The highest BCUT2D eigenvalue weighted by atomic mass is 32.1. The van der Waals surface area contributed by atoms with Gasteiger partial charge in [0.2, 0.25) is 0 Å². The van der Waals surface area contributed by atoms with E-state index in [0.717, 1.165) is 42.5 Å². The number of hydrogen-bond acceptors (Lipinski definition) is 4. The molecule has 116 valence electrons. The molecule has 22 heavy (non-hydrogen) atoms. The van der Waals surface area contributed by atoms with Crippen LogP contribution in [0.3, 0.4) is 0 Å². The van der Waals surface area contributed by atoms with Gasteiger partial charge in [0.05, 0.1) is 17.7 Å². The van der Waals surface area contributed by atoms with E-state index in [0.29, 0.717) is 0 Å². The van der Waals surface area contributed by atoms with Crippen LogP contribution in [0.25, 0.3) is 0 Å². The number of nitrogens with zero attached hydrogens (tertiary/aromatic N) is 2. The van der Waals surface area contributed by atoms with Crippen molar-refractivity contribution >= 4 is 22.9 Å². The van der Waals surface area contributed by atoms with Crippen LogP contribution in [-0.4, -0.2) is 44.1 Å². The maximum absolute atomic E-state index is 12.5. The first-order chi connectivity index (χ1) is 10.7. The third-order valence-corrected chi connectivity index (χ3v) is 4.93. The molecule has 3 rings (SSSR count). The number of hydrogen-bond donors (Lipinski definition) is 0. The smallest absolute Gasteiger partial charge is 0.264 e. The van der Waals surface area contributed by atoms with Crippen LogP contribution in [0.2, 0.25) is 0 Å². The van der Waals surface area contributed by atoms with Crippen molar-refractivity contribution in [2.24, 2.45) is 0 Å². The van der Waals surface area contributed by atoms with Crippen molar-refractivity contribution < 1.29 is 9.53 Å². The maximum Gasteiger partial charge on any atom is 0.264 e. The monoisotopic (exact) mass is 316 g/mol. The molecule has 1 aromatic carbocycles. The minimum Gasteiger partial charge on any atom is -0.495 e. The SMILES string of the molecule is COc1ccccc1N1CCN(C(=O)c2ccc(C)s2)CC1. The first-order valence-electron chi connectivity index (χ1n) is 7.42. The molecular formula is C17H20N2O2S. The zero-order valence-corrected chi connectivity index (χ0v) is 13.7. The lowest BCUT2D eigenvalue weighted by molar-refractivity contribution is 0.0751. The summed E-state index contributed by atoms with van der Waals surface area (Å²) in [5.74, 6) is 1.04. The summed E-state index contributed by atoms with van der Waals surface area (Å²) in [5.41, 5.74) is 1.10. The second-order valence-electron chi connectivity index (χ2n) is 5.36. The molecule has 1 aromatic heterocycles. The van der Waals surface area contributed by atoms with Crippen LogP contribution in [0, 0.1) is 6.92 Å². The van der Waals surface area contributed by atoms with E-state index in [1.807, 2.05) is 42.2 Å². The molecular weight excluding hydrogens is 296 g/mol. The van der Waals surface area contributed by atoms with Crippen molar-refractivity contribution in [3.8, 4) is 5.75 Å². The molecule has 0 N–H and O–H groups in total. The van der Waals surface area contributed by atoms with E-state index >= 15 is 0 Å². The van der Waals surface area contributed by atoms with Crippen LogP contribution in [0.5, 0.6) is 5.75 Å². The van der Waals surface area contributed by atoms with Crippen molar-refractivity contribution in [3.63, 3.8) is 0 Å². The second kappa shape index (κ2) is 6.40. The minimum absolute atomic E-state index is 0.151. The third-order valence-electron chi connectivity index (χ3n) is 3.94. The Morgan fingerprint density at radius 2 is 1.82 bits per heavy atom. The van der Waals surface area contributed by atoms with E-state index in [-0.39, 0.29) is 5.91 Å². The number of aryl methyl sites for hydroxylation is 1. The summed E-state index contributed by atoms with van der Waals surface area (Å²) in [5, 5.41) is 0. The van der Waals surface area contributed by atoms with Crippen LogP contribution >= 0.6 is 11.3 Å². The Labute approximate surface area is 134 Å². The van der Waals surface area contributed by atoms with Gasteiger partial charge < -0.3 is 14.5 Å². The van der Waals surface area contributed by atoms with Gasteiger partial charge in [0.1, 0.15) is 5.75 Å². The van der Waals surface area contributed by atoms with Crippen molar-refractivity contribution in [2.75, 3.05) is 38.2 Å². The van der Waals surface area contributed by atoms with Crippen LogP contribution in [0.4, 0.5) is 5.69 Å². The lowest BCUT2D eigenvalue weighted by Gasteiger charge is -2.36. The highest BCUT2D eigenvalue weighted by Crippen LogP contribution is 2.28. The zero-order chi connectivity index (χ0) is 15.5. The Balaban J connectivity index is 1.66. The van der Waals surface area contributed by atoms with Gasteiger partial charge in [-0.25, -0.2) is 0 Å². The summed E-state index contributed by atoms with van der Waals surface area (Å²) >= 11 is 1.57. The van der Waals surface area contributed by atoms with Gasteiger partial charge in [0.25, 0.3) is 5.91 Å². The third kappa shape index (κ3) is 2.95. The minimum atomic E-state index is 0.151. The lowest BCUT2D eigenvalue weighted by atomic mass is 10.2. The molecule has 2 aromatic rings. The van der Waals surface area contributed by atoms with Gasteiger partial charge in [-0.15, -0.1) is 11.3 Å². The average Bonchev–Trinajstić information content (AvgIpc) is 3.01. The van der Waals surface area contributed by atoms with E-state index in [4.69, 9.17) is 4.74 Å². The number of carbonyl (C=O) groups excluding carboxylic acids is 1. The summed E-state index contributed by atoms with van der Waals surface area (Å²) in [6.45, 7) is 5.18. The molecule has 0 atom stereocenters. The summed E-state index contributed by atoms with van der Waals surface area (Å²) in [7, 11) is 1.69. The number of methoxy groups -OCH3 is 1. The summed E-state index contributed by atoms with van der Waals surface area (Å²) in [6.07, 6.45) is 0. The number of para-hydroxylation sites is 2. The number of rotatable bonds is 3. The van der Waals surface area contributed by atoms with Gasteiger partial charge in [-0.05, 0) is 31.2 Å². The van der Waals surface area contributed by atoms with E-state index in [9.17, 15) is 4.79 Å². The Morgan fingerprint density at radius 3 is 2.45 bits per heavy atom. The van der Waals surface area contributed by atoms with Crippen LogP contribution in [0.1, 0.15) is 14.5 Å². The predicted octanol–water partition coefficient (Wildman–Crippen LogP) is 3.03. The van der Waals surface area contributed by atoms with Crippen molar-refractivity contribution in [2.45, 2.75) is 6.92 Å². The number of thiophene rings is 1. The Kier molecular flexibility index (Phi) is 4.34. The van der Waals surface area contributed by atoms with E-state index in [2.05, 4.69) is 11.0 Å². The molecule has 4 nitrogen and oxygen atoms in total. The molecule has 0 bridgehead atoms. The average molecular weight is 316 g/mol. The molecule has 1 fully saturated rings. The summed E-state index contributed by atoms with van der Waals surface area (Å²) in [4.78, 5) is 18.7. The summed E-state index contributed by atoms with van der Waals surface area (Å²) < 4.78 is 5.42. The van der Waals surface area contributed by atoms with Crippen LogP contribution in [0.15, 0.2) is 36.4 Å². The second-order valence-corrected chi connectivity index (χ2v) is 6.65. The molecule has 0 spiro atoms. The number of carbonyl (C=O) groups is 1. The van der Waals surface area contributed by atoms with E-state index in [1.165, 1.54) is 4.88 Å². The van der Waals surface area contributed by atoms with Crippen molar-refractivity contribution in [3.05, 3.63) is 46.2 Å². The van der Waals surface area contributed by atoms with Gasteiger partial charge in [-0.3, -0.25) is 4.79 Å². The summed E-state index contributed by atoms with van der Waals surface area (Å²) in [6, 6.07) is 12.0. The molecule has 5 heteroatoms. The lowest BCUT2D eigenvalue weighted by Crippen LogP contribution is -2.48. The van der Waals surface area contributed by atoms with E-state index < -0.39 is 0 Å². The molecule has 0 aliphatic carbocycles. The fourth-order valence-electron chi connectivity index (χ4n) is 2.75. The van der Waals surface area contributed by atoms with Crippen LogP contribution in [-0.2, 0) is 0 Å². The van der Waals surface area contributed by atoms with Gasteiger partial charge in [0, 0.05) is 31.1 Å². The topological polar surface area (TPSA) is 32.8 Å². The predicted molar refractivity (Wildman–Crippen MR) is 90.2 cm³/mol. The largest absolute Gasteiger partial charge is 0.495 e. The molecule has 1 amide bonds. The molecule has 0 radical (unpaired) electrons. The van der Waals surface area contributed by atoms with E-state index in [1.54, 1.807) is 18.4 Å². The standard InChI is InChI=1S/C17H20N2O2S/c1-13-7-8-16(22-13)17(20)19-11-9-18(10-12-19)14-5-3-4-6-15(14)21-2/h3-8H,9-12H2,1-2H3. The number of piperazine rings is 1. The fourth-order valence-corrected chi connectivity index (χ4v) is 3.58. The Hall–Kier alpha value is -2.01. The Bertz CT molecular complexity index is 660. The molecule has 0 unspecified atom stereocenters. The number of benzene rings is 1. The first kappa shape index (κ1) is 14.9. The van der Waals surface area contributed by atoms with Gasteiger partial charge >= 0.3 is 0 Å². The number of amides is 1. The Morgan fingerprint density at radius 1 is 1.09 bits per heavy atom. The van der Waals surface area contributed by atoms with Crippen LogP contribution < -0.4 is 9.64 Å². The maximum atomic E-state index is 12.5. The molecule has 2 heterocycles. The highest BCUT2D eigenvalue weighted by molar-refractivity contribution is 7.13. The normalized spacial score (nSPS) is 15.0. The quantitative estimate of drug-likeness (QED) is 0.872. The number of anilines is 1. The molecule has 1 aliphatic heterocycles. The molecule has 1 aliphatic rings. The molecule has 1 saturated heterocycles. The van der Waals surface area contributed by atoms with Gasteiger partial charge in [-0.2, -0.15) is 0 Å². The fraction of sp³-hybridized carbons (Fsp3) is 0.353. The first-order valence-corrected chi connectivity index (χ1v) is 8.24. The van der Waals surface area contributed by atoms with Gasteiger partial charge in [0.15, 0.2) is 0 Å². The van der Waals surface area contributed by atoms with Crippen molar-refractivity contribution in [1.29, 1.82) is 0 Å².